The average molecular weight is 346 g/mol. The van der Waals surface area contributed by atoms with E-state index < -0.39 is 11.7 Å². The Morgan fingerprint density at radius 1 is 0.960 bits per heavy atom. The molecule has 1 aliphatic carbocycles. The van der Waals surface area contributed by atoms with Crippen LogP contribution in [0.1, 0.15) is 29.5 Å². The lowest BCUT2D eigenvalue weighted by Gasteiger charge is -2.16. The molecule has 1 nitrogen and oxygen atoms in total. The van der Waals surface area contributed by atoms with Gasteiger partial charge < -0.3 is 4.74 Å². The van der Waals surface area contributed by atoms with Gasteiger partial charge in [-0.25, -0.2) is 0 Å². The number of rotatable bonds is 4. The van der Waals surface area contributed by atoms with E-state index >= 15 is 0 Å². The van der Waals surface area contributed by atoms with Crippen molar-refractivity contribution in [3.8, 4) is 16.9 Å². The lowest BCUT2D eigenvalue weighted by molar-refractivity contribution is -0.137. The summed E-state index contributed by atoms with van der Waals surface area (Å²) in [6.07, 6.45) is 2.16. The van der Waals surface area contributed by atoms with Crippen LogP contribution in [0.2, 0.25) is 0 Å². The van der Waals surface area contributed by atoms with Crippen molar-refractivity contribution in [3.05, 3.63) is 65.2 Å². The maximum atomic E-state index is 12.7. The third kappa shape index (κ3) is 4.06. The molecule has 0 aromatic heterocycles. The number of aryl methyl sites for hydroxylation is 2. The predicted octanol–water partition coefficient (Wildman–Crippen LogP) is 6.33. The van der Waals surface area contributed by atoms with Crippen molar-refractivity contribution in [1.29, 1.82) is 0 Å². The van der Waals surface area contributed by atoms with E-state index in [2.05, 4.69) is 12.2 Å². The lowest BCUT2D eigenvalue weighted by Crippen LogP contribution is -2.08. The number of halogens is 3. The van der Waals surface area contributed by atoms with Crippen LogP contribution in [0, 0.1) is 19.8 Å². The standard InChI is InChI=1S/C21H21F3O/c1-14-11-19(25-13-16-5-3-4-6-16)12-15(2)20(14)17-7-9-18(10-8-17)21(22,23)24/h3-4,7-12,16H,5-6,13H2,1-2H3. The van der Waals surface area contributed by atoms with Gasteiger partial charge in [0, 0.05) is 0 Å². The summed E-state index contributed by atoms with van der Waals surface area (Å²) in [6, 6.07) is 9.24. The monoisotopic (exact) mass is 346 g/mol. The van der Waals surface area contributed by atoms with Crippen LogP contribution >= 0.6 is 0 Å². The van der Waals surface area contributed by atoms with E-state index in [9.17, 15) is 13.2 Å². The molecule has 0 bridgehead atoms. The van der Waals surface area contributed by atoms with Gasteiger partial charge in [-0.1, -0.05) is 24.3 Å². The molecule has 4 heteroatoms. The van der Waals surface area contributed by atoms with Crippen LogP contribution in [0.5, 0.6) is 5.75 Å². The van der Waals surface area contributed by atoms with Crippen LogP contribution in [0.25, 0.3) is 11.1 Å². The van der Waals surface area contributed by atoms with E-state index in [-0.39, 0.29) is 0 Å². The van der Waals surface area contributed by atoms with E-state index in [0.29, 0.717) is 12.5 Å². The molecule has 0 saturated heterocycles. The molecule has 0 amide bonds. The summed E-state index contributed by atoms with van der Waals surface area (Å²) in [6.45, 7) is 4.61. The first-order valence-electron chi connectivity index (χ1n) is 8.41. The molecule has 0 fully saturated rings. The van der Waals surface area contributed by atoms with E-state index in [1.807, 2.05) is 26.0 Å². The summed E-state index contributed by atoms with van der Waals surface area (Å²) in [7, 11) is 0. The molecule has 2 aromatic carbocycles. The minimum atomic E-state index is -4.31. The van der Waals surface area contributed by atoms with Crippen molar-refractivity contribution in [3.63, 3.8) is 0 Å². The molecule has 0 N–H and O–H groups in total. The van der Waals surface area contributed by atoms with Gasteiger partial charge in [0.15, 0.2) is 0 Å². The molecule has 1 aliphatic rings. The third-order valence-corrected chi connectivity index (χ3v) is 4.60. The molecule has 0 spiro atoms. The van der Waals surface area contributed by atoms with Gasteiger partial charge in [0.2, 0.25) is 0 Å². The van der Waals surface area contributed by atoms with E-state index in [4.69, 9.17) is 4.74 Å². The highest BCUT2D eigenvalue weighted by Crippen LogP contribution is 2.34. The Kier molecular flexibility index (Phi) is 4.89. The second-order valence-electron chi connectivity index (χ2n) is 6.63. The van der Waals surface area contributed by atoms with Crippen molar-refractivity contribution >= 4 is 0 Å². The smallest absolute Gasteiger partial charge is 0.416 e. The fourth-order valence-corrected chi connectivity index (χ4v) is 3.31. The average Bonchev–Trinajstić information content (AvgIpc) is 3.05. The summed E-state index contributed by atoms with van der Waals surface area (Å²) in [5.41, 5.74) is 3.12. The molecule has 2 aromatic rings. The Morgan fingerprint density at radius 2 is 1.52 bits per heavy atom. The fraction of sp³-hybridized carbons (Fsp3) is 0.333. The Labute approximate surface area is 146 Å². The molecule has 0 radical (unpaired) electrons. The highest BCUT2D eigenvalue weighted by molar-refractivity contribution is 5.72. The SMILES string of the molecule is Cc1cc(OCC2CC=CC2)cc(C)c1-c1ccc(C(F)(F)F)cc1. The molecule has 0 unspecified atom stereocenters. The van der Waals surface area contributed by atoms with Crippen LogP contribution < -0.4 is 4.74 Å². The first-order valence-corrected chi connectivity index (χ1v) is 8.41. The molecular formula is C21H21F3O. The molecule has 0 heterocycles. The van der Waals surface area contributed by atoms with Gasteiger partial charge in [0.05, 0.1) is 12.2 Å². The molecule has 132 valence electrons. The van der Waals surface area contributed by atoms with Gasteiger partial charge in [-0.15, -0.1) is 0 Å². The van der Waals surface area contributed by atoms with Gasteiger partial charge in [-0.2, -0.15) is 13.2 Å². The van der Waals surface area contributed by atoms with Crippen molar-refractivity contribution in [1.82, 2.24) is 0 Å². The summed E-state index contributed by atoms with van der Waals surface area (Å²) >= 11 is 0. The van der Waals surface area contributed by atoms with E-state index in [0.717, 1.165) is 53.0 Å². The molecular weight excluding hydrogens is 325 g/mol. The minimum absolute atomic E-state index is 0.537. The Balaban J connectivity index is 1.80. The van der Waals surface area contributed by atoms with Crippen LogP contribution in [-0.2, 0) is 6.18 Å². The van der Waals surface area contributed by atoms with Gasteiger partial charge in [0.25, 0.3) is 0 Å². The number of ether oxygens (including phenoxy) is 1. The summed E-state index contributed by atoms with van der Waals surface area (Å²) < 4.78 is 44.1. The number of hydrogen-bond acceptors (Lipinski definition) is 1. The summed E-state index contributed by atoms with van der Waals surface area (Å²) in [4.78, 5) is 0. The number of benzene rings is 2. The molecule has 0 aliphatic heterocycles. The van der Waals surface area contributed by atoms with Gasteiger partial charge >= 0.3 is 6.18 Å². The van der Waals surface area contributed by atoms with Crippen molar-refractivity contribution in [2.45, 2.75) is 32.9 Å². The van der Waals surface area contributed by atoms with Crippen molar-refractivity contribution in [2.75, 3.05) is 6.61 Å². The van der Waals surface area contributed by atoms with Gasteiger partial charge in [-0.05, 0) is 79.1 Å². The highest BCUT2D eigenvalue weighted by Gasteiger charge is 2.30. The minimum Gasteiger partial charge on any atom is -0.493 e. The van der Waals surface area contributed by atoms with E-state index in [1.165, 1.54) is 12.1 Å². The zero-order valence-electron chi connectivity index (χ0n) is 14.4. The van der Waals surface area contributed by atoms with E-state index in [1.54, 1.807) is 0 Å². The van der Waals surface area contributed by atoms with Crippen molar-refractivity contribution < 1.29 is 17.9 Å². The predicted molar refractivity (Wildman–Crippen MR) is 93.7 cm³/mol. The Bertz CT molecular complexity index is 742. The topological polar surface area (TPSA) is 9.23 Å². The number of hydrogen-bond donors (Lipinski definition) is 0. The van der Waals surface area contributed by atoms with Crippen LogP contribution in [0.3, 0.4) is 0 Å². The van der Waals surface area contributed by atoms with Crippen LogP contribution in [0.15, 0.2) is 48.6 Å². The molecule has 3 rings (SSSR count). The quantitative estimate of drug-likeness (QED) is 0.587. The van der Waals surface area contributed by atoms with Gasteiger partial charge in [0.1, 0.15) is 5.75 Å². The second-order valence-corrected chi connectivity index (χ2v) is 6.63. The number of alkyl halides is 3. The normalized spacial score (nSPS) is 14.9. The van der Waals surface area contributed by atoms with Gasteiger partial charge in [-0.3, -0.25) is 0 Å². The largest absolute Gasteiger partial charge is 0.493 e. The zero-order valence-corrected chi connectivity index (χ0v) is 14.4. The summed E-state index contributed by atoms with van der Waals surface area (Å²) in [5, 5.41) is 0. The maximum Gasteiger partial charge on any atom is 0.416 e. The van der Waals surface area contributed by atoms with Crippen molar-refractivity contribution in [2.24, 2.45) is 5.92 Å². The second kappa shape index (κ2) is 6.95. The number of allylic oxidation sites excluding steroid dienone is 2. The highest BCUT2D eigenvalue weighted by atomic mass is 19.4. The third-order valence-electron chi connectivity index (χ3n) is 4.60. The fourth-order valence-electron chi connectivity index (χ4n) is 3.31. The van der Waals surface area contributed by atoms with Crippen LogP contribution in [-0.4, -0.2) is 6.61 Å². The summed E-state index contributed by atoms with van der Waals surface area (Å²) in [5.74, 6) is 1.35. The lowest BCUT2D eigenvalue weighted by atomic mass is 9.94. The molecule has 25 heavy (non-hydrogen) atoms. The zero-order chi connectivity index (χ0) is 18.0. The molecule has 0 atom stereocenters. The maximum absolute atomic E-state index is 12.7. The Hall–Kier alpha value is -2.23. The first kappa shape index (κ1) is 17.6. The first-order chi connectivity index (χ1) is 11.8. The molecule has 0 saturated carbocycles. The van der Waals surface area contributed by atoms with Crippen LogP contribution in [0.4, 0.5) is 13.2 Å². The Morgan fingerprint density at radius 3 is 2.04 bits per heavy atom.